The van der Waals surface area contributed by atoms with E-state index in [0.717, 1.165) is 21.0 Å². The summed E-state index contributed by atoms with van der Waals surface area (Å²) < 4.78 is 0.411. The molecule has 4 heterocycles. The molecule has 0 spiro atoms. The lowest BCUT2D eigenvalue weighted by molar-refractivity contribution is 1.06. The van der Waals surface area contributed by atoms with Crippen LogP contribution in [0.3, 0.4) is 0 Å². The zero-order chi connectivity index (χ0) is 14.1. The average Bonchev–Trinajstić information content (AvgIpc) is 2.28. The van der Waals surface area contributed by atoms with Gasteiger partial charge in [-0.3, -0.25) is 0 Å². The summed E-state index contributed by atoms with van der Waals surface area (Å²) in [5.41, 5.74) is 0. The summed E-state index contributed by atoms with van der Waals surface area (Å²) in [4.78, 5) is 0. The van der Waals surface area contributed by atoms with E-state index >= 15 is 0 Å². The molecule has 0 nitrogen and oxygen atoms in total. The van der Waals surface area contributed by atoms with E-state index in [4.69, 9.17) is 0 Å². The van der Waals surface area contributed by atoms with Crippen molar-refractivity contribution in [3.8, 4) is 0 Å². The first kappa shape index (κ1) is 17.2. The van der Waals surface area contributed by atoms with Crippen molar-refractivity contribution in [2.75, 3.05) is 46.0 Å². The van der Waals surface area contributed by atoms with Crippen molar-refractivity contribution in [2.45, 2.75) is 23.7 Å². The first-order chi connectivity index (χ1) is 10.3. The standard InChI is InChI=1S/C13H20S8/c1-9(2-14-1)18-13(19-10-3-15-4-10,20-11-5-16-6-11)21-12-7-17-8-12/h9-12H,1-8H2. The van der Waals surface area contributed by atoms with Gasteiger partial charge in [-0.25, -0.2) is 0 Å². The van der Waals surface area contributed by atoms with Gasteiger partial charge in [0.15, 0.2) is 2.74 Å². The maximum atomic E-state index is 2.35. The molecule has 0 radical (unpaired) electrons. The third-order valence-electron chi connectivity index (χ3n) is 3.67. The van der Waals surface area contributed by atoms with Crippen LogP contribution in [0.4, 0.5) is 0 Å². The predicted octanol–water partition coefficient (Wildman–Crippen LogP) is 4.99. The molecule has 0 aromatic rings. The van der Waals surface area contributed by atoms with Crippen LogP contribution in [0.25, 0.3) is 0 Å². The van der Waals surface area contributed by atoms with E-state index in [-0.39, 0.29) is 0 Å². The highest BCUT2D eigenvalue weighted by molar-refractivity contribution is 8.49. The minimum absolute atomic E-state index is 0.411. The first-order valence-electron chi connectivity index (χ1n) is 7.33. The fourth-order valence-electron chi connectivity index (χ4n) is 2.11. The highest BCUT2D eigenvalue weighted by atomic mass is 32.3. The maximum Gasteiger partial charge on any atom is 0.154 e. The summed E-state index contributed by atoms with van der Waals surface area (Å²) in [7, 11) is 0. The second kappa shape index (κ2) is 8.00. The Morgan fingerprint density at radius 1 is 0.476 bits per heavy atom. The summed E-state index contributed by atoms with van der Waals surface area (Å²) in [5, 5.41) is 3.71. The zero-order valence-corrected chi connectivity index (χ0v) is 18.3. The monoisotopic (exact) mass is 432 g/mol. The molecule has 8 heteroatoms. The Kier molecular flexibility index (Phi) is 6.56. The summed E-state index contributed by atoms with van der Waals surface area (Å²) in [6.45, 7) is 0. The molecule has 0 bridgehead atoms. The molecule has 120 valence electrons. The van der Waals surface area contributed by atoms with Crippen LogP contribution >= 0.6 is 94.1 Å². The molecule has 4 aliphatic rings. The Morgan fingerprint density at radius 2 is 0.714 bits per heavy atom. The number of hydrogen-bond donors (Lipinski definition) is 0. The van der Waals surface area contributed by atoms with Crippen LogP contribution in [0.2, 0.25) is 0 Å². The Morgan fingerprint density at radius 3 is 0.857 bits per heavy atom. The van der Waals surface area contributed by atoms with E-state index in [1.807, 2.05) is 0 Å². The second-order valence-corrected chi connectivity index (χ2v) is 17.5. The van der Waals surface area contributed by atoms with E-state index in [2.05, 4.69) is 94.1 Å². The molecule has 0 saturated carbocycles. The van der Waals surface area contributed by atoms with Crippen molar-refractivity contribution in [1.29, 1.82) is 0 Å². The fourth-order valence-corrected chi connectivity index (χ4v) is 16.2. The van der Waals surface area contributed by atoms with Gasteiger partial charge in [-0.05, 0) is 0 Å². The third kappa shape index (κ3) is 4.50. The van der Waals surface area contributed by atoms with Gasteiger partial charge < -0.3 is 0 Å². The molecule has 0 aliphatic carbocycles. The van der Waals surface area contributed by atoms with Crippen LogP contribution in [0.5, 0.6) is 0 Å². The van der Waals surface area contributed by atoms with Gasteiger partial charge in [-0.15, -0.1) is 47.0 Å². The summed E-state index contributed by atoms with van der Waals surface area (Å²) >= 11 is 18.0. The van der Waals surface area contributed by atoms with Gasteiger partial charge in [0.1, 0.15) is 0 Å². The Hall–Kier alpha value is 2.80. The van der Waals surface area contributed by atoms with Crippen molar-refractivity contribution in [1.82, 2.24) is 0 Å². The van der Waals surface area contributed by atoms with Crippen LogP contribution in [0.1, 0.15) is 0 Å². The van der Waals surface area contributed by atoms with Crippen molar-refractivity contribution in [2.24, 2.45) is 0 Å². The molecule has 0 N–H and O–H groups in total. The van der Waals surface area contributed by atoms with Crippen LogP contribution < -0.4 is 0 Å². The van der Waals surface area contributed by atoms with Gasteiger partial charge in [0.2, 0.25) is 0 Å². The van der Waals surface area contributed by atoms with Gasteiger partial charge in [0.05, 0.1) is 0 Å². The number of hydrogen-bond acceptors (Lipinski definition) is 8. The highest BCUT2D eigenvalue weighted by Gasteiger charge is 2.46. The van der Waals surface area contributed by atoms with E-state index in [1.165, 1.54) is 46.0 Å². The summed E-state index contributed by atoms with van der Waals surface area (Å²) in [6.07, 6.45) is 0. The van der Waals surface area contributed by atoms with E-state index < -0.39 is 0 Å². The molecule has 4 rings (SSSR count). The Balaban J connectivity index is 1.45. The molecular formula is C13H20S8. The zero-order valence-electron chi connectivity index (χ0n) is 11.7. The SMILES string of the molecule is C1SCC1SC(SC1CSC1)(SC1CSC1)SC1CSC1. The summed E-state index contributed by atoms with van der Waals surface area (Å²) in [6, 6.07) is 0. The van der Waals surface area contributed by atoms with Crippen LogP contribution in [0, 0.1) is 0 Å². The molecule has 0 aromatic heterocycles. The Labute approximate surface area is 162 Å². The smallest absolute Gasteiger partial charge is 0.154 e. The average molecular weight is 433 g/mol. The molecule has 4 aliphatic heterocycles. The first-order valence-corrected chi connectivity index (χ1v) is 15.5. The molecule has 0 unspecified atom stereocenters. The van der Waals surface area contributed by atoms with Crippen LogP contribution in [0.15, 0.2) is 0 Å². The van der Waals surface area contributed by atoms with Gasteiger partial charge >= 0.3 is 0 Å². The normalized spacial score (nSPS) is 28.6. The van der Waals surface area contributed by atoms with Gasteiger partial charge in [0.25, 0.3) is 0 Å². The molecule has 4 fully saturated rings. The molecule has 21 heavy (non-hydrogen) atoms. The van der Waals surface area contributed by atoms with Crippen molar-refractivity contribution < 1.29 is 0 Å². The van der Waals surface area contributed by atoms with Crippen LogP contribution in [-0.4, -0.2) is 69.8 Å². The quantitative estimate of drug-likeness (QED) is 0.486. The molecule has 4 saturated heterocycles. The molecule has 0 amide bonds. The molecule has 0 aromatic carbocycles. The van der Waals surface area contributed by atoms with Crippen molar-refractivity contribution in [3.63, 3.8) is 0 Å². The topological polar surface area (TPSA) is 0 Å². The minimum atomic E-state index is 0.411. The lowest BCUT2D eigenvalue weighted by atomic mass is 10.5. The third-order valence-corrected chi connectivity index (χ3v) is 17.8. The highest BCUT2D eigenvalue weighted by Crippen LogP contribution is 2.64. The largest absolute Gasteiger partial charge is 0.160 e. The molecule has 0 atom stereocenters. The molecular weight excluding hydrogens is 413 g/mol. The predicted molar refractivity (Wildman–Crippen MR) is 118 cm³/mol. The maximum absolute atomic E-state index is 2.35. The van der Waals surface area contributed by atoms with Gasteiger partial charge in [-0.1, -0.05) is 0 Å². The van der Waals surface area contributed by atoms with Crippen molar-refractivity contribution in [3.05, 3.63) is 0 Å². The lowest BCUT2D eigenvalue weighted by Gasteiger charge is -2.46. The van der Waals surface area contributed by atoms with E-state index in [9.17, 15) is 0 Å². The van der Waals surface area contributed by atoms with E-state index in [1.54, 1.807) is 0 Å². The Bertz CT molecular complexity index is 279. The minimum Gasteiger partial charge on any atom is -0.160 e. The second-order valence-electron chi connectivity index (χ2n) is 5.61. The van der Waals surface area contributed by atoms with E-state index in [0.29, 0.717) is 2.74 Å². The van der Waals surface area contributed by atoms with Crippen molar-refractivity contribution >= 4 is 94.1 Å². The fraction of sp³-hybridized carbons (Fsp3) is 1.00. The number of rotatable bonds is 8. The van der Waals surface area contributed by atoms with Gasteiger partial charge in [0, 0.05) is 67.0 Å². The van der Waals surface area contributed by atoms with Gasteiger partial charge in [-0.2, -0.15) is 47.0 Å². The van der Waals surface area contributed by atoms with Crippen LogP contribution in [-0.2, 0) is 0 Å². The number of thioether (sulfide) groups is 8. The summed E-state index contributed by atoms with van der Waals surface area (Å²) in [5.74, 6) is 11.2. The lowest BCUT2D eigenvalue weighted by Crippen LogP contribution is -2.37.